The van der Waals surface area contributed by atoms with E-state index < -0.39 is 0 Å². The number of hydrogen-bond acceptors (Lipinski definition) is 0. The fourth-order valence-electron chi connectivity index (χ4n) is 0. The minimum absolute atomic E-state index is 0. The van der Waals surface area contributed by atoms with Gasteiger partial charge in [-0.1, -0.05) is 13.8 Å². The molecule has 6 heavy (non-hydrogen) atoms. The Bertz CT molecular complexity index is 24.8. The Morgan fingerprint density at radius 1 is 1.50 bits per heavy atom. The summed E-state index contributed by atoms with van der Waals surface area (Å²) in [7, 11) is 5.48. The first-order chi connectivity index (χ1) is 2.27. The molecule has 0 N–H and O–H groups in total. The van der Waals surface area contributed by atoms with Crippen LogP contribution in [0.5, 0.6) is 0 Å². The second-order valence-electron chi connectivity index (χ2n) is 1.55. The van der Waals surface area contributed by atoms with Crippen molar-refractivity contribution in [1.82, 2.24) is 0 Å². The Kier molecular flexibility index (Phi) is 11.8. The maximum Gasteiger partial charge on any atom is 0.503 e. The van der Waals surface area contributed by atoms with E-state index in [0.29, 0.717) is 0 Å². The van der Waals surface area contributed by atoms with E-state index in [1.807, 2.05) is 0 Å². The molecule has 0 aliphatic carbocycles. The summed E-state index contributed by atoms with van der Waals surface area (Å²) in [6.45, 7) is 4.30. The average Bonchev–Trinajstić information content (AvgIpc) is 1.38. The SMILES string of the molecule is C[CH](C)[Mg][Cl].[Zn]. The fraction of sp³-hybridized carbons (Fsp3) is 1.00. The first-order valence-corrected chi connectivity index (χ1v) is 4.78. The van der Waals surface area contributed by atoms with E-state index in [4.69, 9.17) is 9.07 Å². The first kappa shape index (κ1) is 10.6. The summed E-state index contributed by atoms with van der Waals surface area (Å²) in [5.41, 5.74) is 0. The van der Waals surface area contributed by atoms with Crippen LogP contribution in [0.1, 0.15) is 13.8 Å². The topological polar surface area (TPSA) is 0 Å². The number of hydrogen-bond donors (Lipinski definition) is 0. The van der Waals surface area contributed by atoms with Gasteiger partial charge in [0.2, 0.25) is 0 Å². The van der Waals surface area contributed by atoms with Gasteiger partial charge < -0.3 is 9.07 Å². The third-order valence-corrected chi connectivity index (χ3v) is 2.78. The molecule has 0 rings (SSSR count). The second-order valence-corrected chi connectivity index (χ2v) is 4.42. The van der Waals surface area contributed by atoms with Gasteiger partial charge in [-0.25, -0.2) is 0 Å². The number of rotatable bonds is 1. The van der Waals surface area contributed by atoms with E-state index in [2.05, 4.69) is 13.8 Å². The Hall–Kier alpha value is 1.68. The van der Waals surface area contributed by atoms with Crippen molar-refractivity contribution in [3.8, 4) is 0 Å². The summed E-state index contributed by atoms with van der Waals surface area (Å²) >= 11 is -0.179. The third kappa shape index (κ3) is 9.19. The van der Waals surface area contributed by atoms with Crippen molar-refractivity contribution >= 4 is 28.3 Å². The third-order valence-electron chi connectivity index (χ3n) is 0.309. The summed E-state index contributed by atoms with van der Waals surface area (Å²) < 4.78 is 0.789. The zero-order chi connectivity index (χ0) is 4.28. The smallest absolute Gasteiger partial charge is 0.346 e. The minimum atomic E-state index is -0.179. The molecule has 0 aliphatic rings. The summed E-state index contributed by atoms with van der Waals surface area (Å²) in [5.74, 6) is 0. The van der Waals surface area contributed by atoms with Crippen LogP contribution in [0, 0.1) is 0 Å². The molecule has 0 spiro atoms. The zero-order valence-corrected chi connectivity index (χ0v) is 9.51. The molecule has 30 valence electrons. The summed E-state index contributed by atoms with van der Waals surface area (Å²) in [6, 6.07) is 0. The van der Waals surface area contributed by atoms with E-state index in [9.17, 15) is 0 Å². The Morgan fingerprint density at radius 2 is 1.67 bits per heavy atom. The maximum absolute atomic E-state index is 5.48. The molecule has 0 fully saturated rings. The Morgan fingerprint density at radius 3 is 1.67 bits per heavy atom. The van der Waals surface area contributed by atoms with Crippen molar-refractivity contribution in [3.05, 3.63) is 0 Å². The van der Waals surface area contributed by atoms with Crippen molar-refractivity contribution in [3.63, 3.8) is 0 Å². The van der Waals surface area contributed by atoms with Gasteiger partial charge in [0.05, 0.1) is 0 Å². The van der Waals surface area contributed by atoms with Gasteiger partial charge in [-0.15, -0.1) is 4.05 Å². The molecule has 0 atom stereocenters. The minimum Gasteiger partial charge on any atom is -0.346 e. The molecule has 0 aromatic rings. The first-order valence-electron chi connectivity index (χ1n) is 1.83. The van der Waals surface area contributed by atoms with Gasteiger partial charge in [-0.2, -0.15) is 0 Å². The summed E-state index contributed by atoms with van der Waals surface area (Å²) in [6.07, 6.45) is 0. The van der Waals surface area contributed by atoms with Crippen LogP contribution < -0.4 is 0 Å². The maximum atomic E-state index is 5.48. The zero-order valence-electron chi connectivity index (χ0n) is 4.37. The second kappa shape index (κ2) is 6.68. The Labute approximate surface area is 65.3 Å². The monoisotopic (exact) mass is 166 g/mol. The van der Waals surface area contributed by atoms with Gasteiger partial charge in [0, 0.05) is 19.5 Å². The van der Waals surface area contributed by atoms with Crippen LogP contribution in [0.4, 0.5) is 0 Å². The molecule has 0 amide bonds. The largest absolute Gasteiger partial charge is 0.503 e. The molecule has 0 aliphatic heterocycles. The van der Waals surface area contributed by atoms with Gasteiger partial charge in [0.25, 0.3) is 0 Å². The van der Waals surface area contributed by atoms with Gasteiger partial charge in [-0.05, 0) is 0 Å². The average molecular weight is 168 g/mol. The molecular weight excluding hydrogens is 161 g/mol. The Balaban J connectivity index is 0. The van der Waals surface area contributed by atoms with Gasteiger partial charge in [-0.3, -0.25) is 0 Å². The van der Waals surface area contributed by atoms with E-state index >= 15 is 0 Å². The molecule has 0 nitrogen and oxygen atoms in total. The summed E-state index contributed by atoms with van der Waals surface area (Å²) in [4.78, 5) is 0. The van der Waals surface area contributed by atoms with Crippen molar-refractivity contribution in [1.29, 1.82) is 0 Å². The van der Waals surface area contributed by atoms with Crippen LogP contribution in [0.15, 0.2) is 0 Å². The molecule has 3 heteroatoms. The molecule has 0 radical (unpaired) electrons. The van der Waals surface area contributed by atoms with E-state index in [1.54, 1.807) is 0 Å². The van der Waals surface area contributed by atoms with Crippen molar-refractivity contribution in [2.45, 2.75) is 17.9 Å². The quantitative estimate of drug-likeness (QED) is 0.522. The molecule has 0 saturated heterocycles. The van der Waals surface area contributed by atoms with Crippen molar-refractivity contribution in [2.75, 3.05) is 0 Å². The molecule has 0 saturated carbocycles. The van der Waals surface area contributed by atoms with E-state index in [-0.39, 0.29) is 38.7 Å². The van der Waals surface area contributed by atoms with Crippen LogP contribution in [0.2, 0.25) is 4.05 Å². The van der Waals surface area contributed by atoms with Gasteiger partial charge in [0.1, 0.15) is 0 Å². The van der Waals surface area contributed by atoms with Gasteiger partial charge >= 0.3 is 19.3 Å². The van der Waals surface area contributed by atoms with E-state index in [1.165, 1.54) is 0 Å². The number of halogens is 1. The summed E-state index contributed by atoms with van der Waals surface area (Å²) in [5, 5.41) is 0. The molecule has 0 heterocycles. The molecule has 0 aromatic carbocycles. The van der Waals surface area contributed by atoms with Crippen LogP contribution in [0.25, 0.3) is 0 Å². The normalized spacial score (nSPS) is 6.67. The van der Waals surface area contributed by atoms with E-state index in [0.717, 1.165) is 4.05 Å². The van der Waals surface area contributed by atoms with Gasteiger partial charge in [0.15, 0.2) is 0 Å². The van der Waals surface area contributed by atoms with Crippen LogP contribution >= 0.6 is 9.07 Å². The fourth-order valence-corrected chi connectivity index (χ4v) is 0. The molecule has 0 aromatic heterocycles. The van der Waals surface area contributed by atoms with Crippen LogP contribution in [-0.4, -0.2) is 19.3 Å². The van der Waals surface area contributed by atoms with Crippen LogP contribution in [-0.2, 0) is 19.5 Å². The van der Waals surface area contributed by atoms with Crippen LogP contribution in [0.3, 0.4) is 0 Å². The predicted molar refractivity (Wildman–Crippen MR) is 26.7 cm³/mol. The molecule has 0 bridgehead atoms. The molecular formula is C3H7ClMgZn. The predicted octanol–water partition coefficient (Wildman–Crippen LogP) is 1.67. The van der Waals surface area contributed by atoms with Crippen molar-refractivity contribution in [2.24, 2.45) is 0 Å². The van der Waals surface area contributed by atoms with Crippen molar-refractivity contribution < 1.29 is 19.5 Å². The standard InChI is InChI=1S/C3H7.ClH.Mg.Zn/c1-3-2;;;/h3H,1-2H3;1H;;/q;;+1;/p-1. The molecule has 0 unspecified atom stereocenters.